The normalized spacial score (nSPS) is 17.3. The van der Waals surface area contributed by atoms with Crippen molar-refractivity contribution in [3.8, 4) is 0 Å². The van der Waals surface area contributed by atoms with Crippen LogP contribution in [0.15, 0.2) is 30.6 Å². The van der Waals surface area contributed by atoms with Crippen LogP contribution < -0.4 is 5.73 Å². The first-order valence-corrected chi connectivity index (χ1v) is 8.14. The van der Waals surface area contributed by atoms with E-state index in [1.807, 2.05) is 24.5 Å². The highest BCUT2D eigenvalue weighted by Gasteiger charge is 2.25. The number of hydrogen-bond acceptors (Lipinski definition) is 2. The number of hydrogen-bond donors (Lipinski definition) is 1. The van der Waals surface area contributed by atoms with Crippen molar-refractivity contribution >= 4 is 11.6 Å². The summed E-state index contributed by atoms with van der Waals surface area (Å²) in [5.74, 6) is 0. The standard InChI is InChI=1S/C17H22ClN3/c1-2-14(19)17(12-6-5-7-13(18)10-12)21-11-20-15-8-3-4-9-16(15)21/h5-7,10-11,14,17H,2-4,8-9,19H2,1H3. The van der Waals surface area contributed by atoms with Crippen LogP contribution in [0.2, 0.25) is 5.02 Å². The molecule has 2 unspecified atom stereocenters. The molecule has 0 spiro atoms. The lowest BCUT2D eigenvalue weighted by atomic mass is 9.95. The molecule has 1 aromatic carbocycles. The third-order valence-electron chi connectivity index (χ3n) is 4.43. The summed E-state index contributed by atoms with van der Waals surface area (Å²) >= 11 is 6.18. The van der Waals surface area contributed by atoms with Crippen molar-refractivity contribution in [2.45, 2.75) is 51.1 Å². The van der Waals surface area contributed by atoms with Gasteiger partial charge in [0, 0.05) is 16.8 Å². The predicted molar refractivity (Wildman–Crippen MR) is 86.7 cm³/mol. The smallest absolute Gasteiger partial charge is 0.0957 e. The van der Waals surface area contributed by atoms with Crippen LogP contribution in [-0.4, -0.2) is 15.6 Å². The number of fused-ring (bicyclic) bond motifs is 1. The minimum atomic E-state index is 0.0590. The minimum Gasteiger partial charge on any atom is -0.326 e. The average Bonchev–Trinajstić information content (AvgIpc) is 2.91. The molecule has 1 heterocycles. The van der Waals surface area contributed by atoms with E-state index in [0.29, 0.717) is 0 Å². The zero-order chi connectivity index (χ0) is 14.8. The molecule has 1 aromatic heterocycles. The first kappa shape index (κ1) is 14.6. The van der Waals surface area contributed by atoms with Gasteiger partial charge in [0.1, 0.15) is 0 Å². The molecular weight excluding hydrogens is 282 g/mol. The van der Waals surface area contributed by atoms with E-state index in [-0.39, 0.29) is 12.1 Å². The van der Waals surface area contributed by atoms with Gasteiger partial charge in [-0.3, -0.25) is 0 Å². The molecule has 0 saturated carbocycles. The molecule has 2 aromatic rings. The maximum absolute atomic E-state index is 6.43. The van der Waals surface area contributed by atoms with E-state index >= 15 is 0 Å². The van der Waals surface area contributed by atoms with Crippen molar-refractivity contribution in [3.05, 3.63) is 52.6 Å². The summed E-state index contributed by atoms with van der Waals surface area (Å²) in [6.45, 7) is 2.13. The maximum atomic E-state index is 6.43. The zero-order valence-corrected chi connectivity index (χ0v) is 13.2. The predicted octanol–water partition coefficient (Wildman–Crippen LogP) is 3.74. The summed E-state index contributed by atoms with van der Waals surface area (Å²) < 4.78 is 2.29. The van der Waals surface area contributed by atoms with Gasteiger partial charge < -0.3 is 10.3 Å². The summed E-state index contributed by atoms with van der Waals surface area (Å²) in [5.41, 5.74) is 10.2. The summed E-state index contributed by atoms with van der Waals surface area (Å²) in [4.78, 5) is 4.62. The molecule has 0 amide bonds. The molecule has 0 bridgehead atoms. The van der Waals surface area contributed by atoms with E-state index in [0.717, 1.165) is 24.3 Å². The summed E-state index contributed by atoms with van der Waals surface area (Å²) in [5, 5.41) is 0.759. The van der Waals surface area contributed by atoms with Gasteiger partial charge in [-0.15, -0.1) is 0 Å². The molecule has 3 nitrogen and oxygen atoms in total. The Morgan fingerprint density at radius 3 is 2.90 bits per heavy atom. The van der Waals surface area contributed by atoms with Gasteiger partial charge in [-0.2, -0.15) is 0 Å². The van der Waals surface area contributed by atoms with Crippen molar-refractivity contribution in [1.82, 2.24) is 9.55 Å². The van der Waals surface area contributed by atoms with Gasteiger partial charge in [0.25, 0.3) is 0 Å². The van der Waals surface area contributed by atoms with Gasteiger partial charge >= 0.3 is 0 Å². The van der Waals surface area contributed by atoms with E-state index in [1.54, 1.807) is 0 Å². The third kappa shape index (κ3) is 2.85. The van der Waals surface area contributed by atoms with E-state index in [4.69, 9.17) is 17.3 Å². The van der Waals surface area contributed by atoms with Crippen LogP contribution in [0.4, 0.5) is 0 Å². The number of halogens is 1. The fraction of sp³-hybridized carbons (Fsp3) is 0.471. The summed E-state index contributed by atoms with van der Waals surface area (Å²) in [6, 6.07) is 8.21. The number of nitrogens with two attached hydrogens (primary N) is 1. The van der Waals surface area contributed by atoms with Gasteiger partial charge in [0.2, 0.25) is 0 Å². The Balaban J connectivity index is 2.06. The second kappa shape index (κ2) is 6.20. The average molecular weight is 304 g/mol. The van der Waals surface area contributed by atoms with E-state index in [2.05, 4.69) is 22.5 Å². The van der Waals surface area contributed by atoms with Crippen molar-refractivity contribution in [2.75, 3.05) is 0 Å². The van der Waals surface area contributed by atoms with Gasteiger partial charge in [-0.1, -0.05) is 30.7 Å². The van der Waals surface area contributed by atoms with Gasteiger partial charge in [-0.25, -0.2) is 4.98 Å². The highest BCUT2D eigenvalue weighted by Crippen LogP contribution is 2.30. The Bertz CT molecular complexity index is 620. The lowest BCUT2D eigenvalue weighted by Crippen LogP contribution is -2.33. The number of rotatable bonds is 4. The first-order chi connectivity index (χ1) is 10.2. The van der Waals surface area contributed by atoms with Crippen molar-refractivity contribution in [3.63, 3.8) is 0 Å². The summed E-state index contributed by atoms with van der Waals surface area (Å²) in [6.07, 6.45) is 7.56. The molecule has 0 fully saturated rings. The first-order valence-electron chi connectivity index (χ1n) is 7.76. The molecular formula is C17H22ClN3. The Hall–Kier alpha value is -1.32. The third-order valence-corrected chi connectivity index (χ3v) is 4.66. The largest absolute Gasteiger partial charge is 0.326 e. The molecule has 1 aliphatic carbocycles. The maximum Gasteiger partial charge on any atom is 0.0957 e. The van der Waals surface area contributed by atoms with Crippen LogP contribution in [0.5, 0.6) is 0 Å². The van der Waals surface area contributed by atoms with Crippen LogP contribution in [0.3, 0.4) is 0 Å². The van der Waals surface area contributed by atoms with Gasteiger partial charge in [0.05, 0.1) is 18.1 Å². The molecule has 0 radical (unpaired) electrons. The van der Waals surface area contributed by atoms with Crippen molar-refractivity contribution in [2.24, 2.45) is 5.73 Å². The Morgan fingerprint density at radius 2 is 2.14 bits per heavy atom. The Kier molecular flexibility index (Phi) is 4.32. The molecule has 21 heavy (non-hydrogen) atoms. The lowest BCUT2D eigenvalue weighted by Gasteiger charge is -2.28. The highest BCUT2D eigenvalue weighted by molar-refractivity contribution is 6.30. The van der Waals surface area contributed by atoms with Crippen LogP contribution >= 0.6 is 11.6 Å². The van der Waals surface area contributed by atoms with Gasteiger partial charge in [0.15, 0.2) is 0 Å². The molecule has 3 rings (SSSR count). The van der Waals surface area contributed by atoms with Crippen LogP contribution in [0.1, 0.15) is 49.2 Å². The minimum absolute atomic E-state index is 0.0590. The SMILES string of the molecule is CCC(N)C(c1cccc(Cl)c1)n1cnc2c1CCCC2. The number of imidazole rings is 1. The Labute approximate surface area is 131 Å². The molecule has 2 atom stereocenters. The van der Waals surface area contributed by atoms with Crippen molar-refractivity contribution < 1.29 is 0 Å². The van der Waals surface area contributed by atoms with E-state index in [1.165, 1.54) is 29.8 Å². The van der Waals surface area contributed by atoms with Crippen LogP contribution in [0.25, 0.3) is 0 Å². The number of benzene rings is 1. The molecule has 2 N–H and O–H groups in total. The van der Waals surface area contributed by atoms with Gasteiger partial charge in [-0.05, 0) is 49.8 Å². The van der Waals surface area contributed by atoms with Crippen LogP contribution in [-0.2, 0) is 12.8 Å². The highest BCUT2D eigenvalue weighted by atomic mass is 35.5. The lowest BCUT2D eigenvalue weighted by molar-refractivity contribution is 0.442. The van der Waals surface area contributed by atoms with E-state index < -0.39 is 0 Å². The Morgan fingerprint density at radius 1 is 1.33 bits per heavy atom. The zero-order valence-electron chi connectivity index (χ0n) is 12.4. The second-order valence-corrected chi connectivity index (χ2v) is 6.26. The van der Waals surface area contributed by atoms with Crippen molar-refractivity contribution in [1.29, 1.82) is 0 Å². The molecule has 4 heteroatoms. The van der Waals surface area contributed by atoms with Crippen LogP contribution in [0, 0.1) is 0 Å². The monoisotopic (exact) mass is 303 g/mol. The molecule has 112 valence electrons. The number of aromatic nitrogens is 2. The molecule has 1 aliphatic rings. The van der Waals surface area contributed by atoms with E-state index in [9.17, 15) is 0 Å². The second-order valence-electron chi connectivity index (χ2n) is 5.82. The molecule has 0 saturated heterocycles. The quantitative estimate of drug-likeness (QED) is 0.935. The molecule has 0 aliphatic heterocycles. The number of nitrogens with zero attached hydrogens (tertiary/aromatic N) is 2. The fourth-order valence-corrected chi connectivity index (χ4v) is 3.46. The fourth-order valence-electron chi connectivity index (χ4n) is 3.26. The number of aryl methyl sites for hydroxylation is 1. The summed E-state index contributed by atoms with van der Waals surface area (Å²) in [7, 11) is 0. The topological polar surface area (TPSA) is 43.8 Å².